The summed E-state index contributed by atoms with van der Waals surface area (Å²) in [7, 11) is 0. The van der Waals surface area contributed by atoms with Gasteiger partial charge in [-0.3, -0.25) is 0 Å². The second-order valence-corrected chi connectivity index (χ2v) is 12.8. The van der Waals surface area contributed by atoms with Crippen LogP contribution >= 0.6 is 0 Å². The van der Waals surface area contributed by atoms with E-state index in [-0.39, 0.29) is 26.2 Å². The van der Waals surface area contributed by atoms with E-state index >= 15 is 0 Å². The third-order valence-electron chi connectivity index (χ3n) is 10.2. The molecule has 0 aliphatic heterocycles. The van der Waals surface area contributed by atoms with Crippen molar-refractivity contribution in [2.45, 2.75) is 12.8 Å². The fourth-order valence-corrected chi connectivity index (χ4v) is 8.03. The number of benzene rings is 7. The van der Waals surface area contributed by atoms with E-state index in [2.05, 4.69) is 121 Å². The fourth-order valence-electron chi connectivity index (χ4n) is 8.03. The predicted molar refractivity (Wildman–Crippen MR) is 201 cm³/mol. The minimum Gasteiger partial charge on any atom is -0.657 e. The first kappa shape index (κ1) is 28.6. The number of hydrogen-bond acceptors (Lipinski definition) is 0. The third kappa shape index (κ3) is 4.12. The van der Waals surface area contributed by atoms with Gasteiger partial charge in [-0.2, -0.15) is 0 Å². The van der Waals surface area contributed by atoms with Crippen molar-refractivity contribution in [2.75, 3.05) is 0 Å². The Bertz CT molecular complexity index is 3020. The maximum atomic E-state index is 4.97. The van der Waals surface area contributed by atoms with Crippen LogP contribution in [0.1, 0.15) is 17.7 Å². The minimum atomic E-state index is 0. The molecule has 7 aromatic carbocycles. The molecule has 4 heterocycles. The van der Waals surface area contributed by atoms with Gasteiger partial charge in [0.15, 0.2) is 0 Å². The molecule has 0 radical (unpaired) electrons. The summed E-state index contributed by atoms with van der Waals surface area (Å²) in [6, 6.07) is 42.6. The summed E-state index contributed by atoms with van der Waals surface area (Å²) in [6.07, 6.45) is 6.58. The molecule has 0 fully saturated rings. The van der Waals surface area contributed by atoms with E-state index in [0.717, 1.165) is 62.5 Å². The molecule has 4 nitrogen and oxygen atoms in total. The Morgan fingerprint density at radius 2 is 0.796 bits per heavy atom. The Morgan fingerprint density at radius 1 is 0.388 bits per heavy atom. The van der Waals surface area contributed by atoms with E-state index < -0.39 is 0 Å². The van der Waals surface area contributed by atoms with Gasteiger partial charge in [0.25, 0.3) is 0 Å². The van der Waals surface area contributed by atoms with Gasteiger partial charge in [0, 0.05) is 0 Å². The summed E-state index contributed by atoms with van der Waals surface area (Å²) in [4.78, 5) is 19.8. The van der Waals surface area contributed by atoms with Crippen molar-refractivity contribution in [1.29, 1.82) is 0 Å². The van der Waals surface area contributed by atoms with Gasteiger partial charge in [-0.05, 0) is 72.1 Å². The van der Waals surface area contributed by atoms with Crippen molar-refractivity contribution in [1.82, 2.24) is 19.9 Å². The second-order valence-electron chi connectivity index (χ2n) is 12.8. The zero-order valence-corrected chi connectivity index (χ0v) is 28.9. The summed E-state index contributed by atoms with van der Waals surface area (Å²) in [5.41, 5.74) is 9.99. The van der Waals surface area contributed by atoms with Crippen molar-refractivity contribution < 1.29 is 26.2 Å². The normalized spacial score (nSPS) is 12.9. The Morgan fingerprint density at radius 3 is 1.27 bits per heavy atom. The number of aryl methyl sites for hydroxylation is 1. The summed E-state index contributed by atoms with van der Waals surface area (Å²) in [6.45, 7) is 0. The summed E-state index contributed by atoms with van der Waals surface area (Å²) < 4.78 is 0. The topological polar surface area (TPSA) is 56.4 Å². The second kappa shape index (κ2) is 10.8. The Kier molecular flexibility index (Phi) is 6.32. The molecular formula is C44H26N4Zr. The first-order chi connectivity index (χ1) is 23.8. The van der Waals surface area contributed by atoms with Crippen LogP contribution < -0.4 is 19.9 Å². The predicted octanol–water partition coefficient (Wildman–Crippen LogP) is 10.5. The van der Waals surface area contributed by atoms with Crippen LogP contribution in [0.15, 0.2) is 127 Å². The van der Waals surface area contributed by atoms with E-state index in [4.69, 9.17) is 19.9 Å². The van der Waals surface area contributed by atoms with Gasteiger partial charge in [0.2, 0.25) is 0 Å². The van der Waals surface area contributed by atoms with Gasteiger partial charge in [-0.25, -0.2) is 0 Å². The molecule has 49 heavy (non-hydrogen) atoms. The number of rotatable bonds is 0. The average molecular weight is 702 g/mol. The van der Waals surface area contributed by atoms with Crippen LogP contribution in [0.4, 0.5) is 0 Å². The standard InChI is InChI=1S/C22H14N2.C22H12N2.Zr/c2*1-3-7-18-14(5-1)16-11-9-13-10-12-17-15-6-2-4-8-19(15)24-22(17)20(13)21(16)23-18;/h1,3-5,7-12H,2,6H2;1-12H;/q2*-2;+4. The van der Waals surface area contributed by atoms with Crippen molar-refractivity contribution in [2.24, 2.45) is 0 Å². The van der Waals surface area contributed by atoms with Gasteiger partial charge in [0.1, 0.15) is 0 Å². The van der Waals surface area contributed by atoms with Crippen LogP contribution in [0.3, 0.4) is 0 Å². The molecule has 0 saturated carbocycles. The number of allylic oxidation sites excluding steroid dienone is 1. The van der Waals surface area contributed by atoms with Gasteiger partial charge < -0.3 is 19.9 Å². The summed E-state index contributed by atoms with van der Waals surface area (Å²) in [5.74, 6) is 0. The fraction of sp³-hybridized carbons (Fsp3) is 0.0455. The molecule has 0 amide bonds. The van der Waals surface area contributed by atoms with Crippen LogP contribution in [0.2, 0.25) is 0 Å². The van der Waals surface area contributed by atoms with Gasteiger partial charge in [-0.1, -0.05) is 139 Å². The number of nitrogens with zero attached hydrogens (tertiary/aromatic N) is 4. The molecule has 0 bridgehead atoms. The molecule has 0 atom stereocenters. The molecule has 0 N–H and O–H groups in total. The van der Waals surface area contributed by atoms with Crippen molar-refractivity contribution >= 4 is 104 Å². The molecule has 4 aromatic heterocycles. The SMILES string of the molecule is C1=Cc2[n-]c3c(ccc4ccc5c6ccccc6[n-]c5c43)c2CC1.[Zr+4].c1ccc2c(c1)[n-]c1c2ccc2ccc3c4ccccc4[n-]c3c21. The van der Waals surface area contributed by atoms with Crippen molar-refractivity contribution in [3.8, 4) is 0 Å². The quantitative estimate of drug-likeness (QED) is 0.158. The molecule has 226 valence electrons. The van der Waals surface area contributed by atoms with Gasteiger partial charge in [0.05, 0.1) is 0 Å². The Balaban J connectivity index is 0.000000122. The van der Waals surface area contributed by atoms with Crippen molar-refractivity contribution in [3.63, 3.8) is 0 Å². The van der Waals surface area contributed by atoms with E-state index in [1.807, 2.05) is 12.1 Å². The molecule has 1 aliphatic carbocycles. The van der Waals surface area contributed by atoms with Gasteiger partial charge >= 0.3 is 26.2 Å². The average Bonchev–Trinajstić information content (AvgIpc) is 3.91. The van der Waals surface area contributed by atoms with Gasteiger partial charge in [-0.15, -0.1) is 44.3 Å². The number of para-hydroxylation sites is 3. The maximum Gasteiger partial charge on any atom is 4.00 e. The largest absolute Gasteiger partial charge is 4.00 e. The molecule has 0 spiro atoms. The van der Waals surface area contributed by atoms with E-state index in [0.29, 0.717) is 0 Å². The first-order valence-electron chi connectivity index (χ1n) is 16.5. The summed E-state index contributed by atoms with van der Waals surface area (Å²) >= 11 is 0. The molecule has 11 aromatic rings. The molecule has 12 rings (SSSR count). The maximum absolute atomic E-state index is 4.97. The molecule has 0 unspecified atom stereocenters. The monoisotopic (exact) mass is 700 g/mol. The zero-order chi connectivity index (χ0) is 31.3. The van der Waals surface area contributed by atoms with Crippen LogP contribution in [-0.2, 0) is 32.6 Å². The van der Waals surface area contributed by atoms with E-state index in [9.17, 15) is 0 Å². The van der Waals surface area contributed by atoms with Crippen LogP contribution in [-0.4, -0.2) is 0 Å². The first-order valence-corrected chi connectivity index (χ1v) is 16.5. The number of aromatic nitrogens is 4. The third-order valence-corrected chi connectivity index (χ3v) is 10.2. The minimum absolute atomic E-state index is 0. The van der Waals surface area contributed by atoms with Crippen LogP contribution in [0, 0.1) is 0 Å². The smallest absolute Gasteiger partial charge is 0.657 e. The number of hydrogen-bond donors (Lipinski definition) is 0. The zero-order valence-electron chi connectivity index (χ0n) is 26.4. The van der Waals surface area contributed by atoms with Crippen LogP contribution in [0.25, 0.3) is 104 Å². The molecule has 1 aliphatic rings. The Hall–Kier alpha value is -5.38. The van der Waals surface area contributed by atoms with Crippen LogP contribution in [0.5, 0.6) is 0 Å². The Labute approximate surface area is 299 Å². The van der Waals surface area contributed by atoms with E-state index in [1.54, 1.807) is 0 Å². The molecule has 5 heteroatoms. The molecule has 0 saturated heterocycles. The van der Waals surface area contributed by atoms with E-state index in [1.165, 1.54) is 59.4 Å². The van der Waals surface area contributed by atoms with Crippen molar-refractivity contribution in [3.05, 3.63) is 139 Å². The number of fused-ring (bicyclic) bond motifs is 18. The molecular weight excluding hydrogens is 676 g/mol. The summed E-state index contributed by atoms with van der Waals surface area (Å²) in [5, 5.41) is 13.4.